The van der Waals surface area contributed by atoms with Crippen molar-refractivity contribution in [2.45, 2.75) is 20.8 Å². The van der Waals surface area contributed by atoms with Crippen LogP contribution in [0.3, 0.4) is 0 Å². The van der Waals surface area contributed by atoms with Crippen LogP contribution < -0.4 is 15.0 Å². The van der Waals surface area contributed by atoms with Crippen LogP contribution >= 0.6 is 0 Å². The Morgan fingerprint density at radius 3 is 2.29 bits per heavy atom. The fourth-order valence-electron chi connectivity index (χ4n) is 2.25. The third-order valence-electron chi connectivity index (χ3n) is 3.29. The van der Waals surface area contributed by atoms with Crippen molar-refractivity contribution < 1.29 is 9.53 Å². The number of nitrogens with one attached hydrogen (secondary N) is 1. The largest absolute Gasteiger partial charge is 0.457 e. The first kappa shape index (κ1) is 17.3. The SMILES string of the molecule is C=C(C)NC(=O)N(C(=C)C)c1ccc(Oc2ccccc2)c(C)c1. The number of carbonyl (C=O) groups excluding carboxylic acids is 1. The number of benzene rings is 2. The summed E-state index contributed by atoms with van der Waals surface area (Å²) >= 11 is 0. The Hall–Kier alpha value is -3.01. The van der Waals surface area contributed by atoms with Crippen LogP contribution in [-0.4, -0.2) is 6.03 Å². The lowest BCUT2D eigenvalue weighted by Crippen LogP contribution is -2.37. The molecule has 0 saturated carbocycles. The van der Waals surface area contributed by atoms with E-state index in [9.17, 15) is 4.79 Å². The Morgan fingerprint density at radius 1 is 1.08 bits per heavy atom. The van der Waals surface area contributed by atoms with Gasteiger partial charge in [-0.05, 0) is 56.7 Å². The normalized spacial score (nSPS) is 9.96. The highest BCUT2D eigenvalue weighted by atomic mass is 16.5. The summed E-state index contributed by atoms with van der Waals surface area (Å²) in [6.07, 6.45) is 0. The molecule has 0 aliphatic carbocycles. The van der Waals surface area contributed by atoms with Gasteiger partial charge in [-0.15, -0.1) is 0 Å². The van der Waals surface area contributed by atoms with Crippen molar-refractivity contribution in [1.29, 1.82) is 0 Å². The molecule has 0 radical (unpaired) electrons. The quantitative estimate of drug-likeness (QED) is 0.804. The number of hydrogen-bond acceptors (Lipinski definition) is 2. The van der Waals surface area contributed by atoms with Gasteiger partial charge in [0.2, 0.25) is 0 Å². The van der Waals surface area contributed by atoms with Gasteiger partial charge in [0.05, 0.1) is 5.69 Å². The predicted molar refractivity (Wildman–Crippen MR) is 98.3 cm³/mol. The minimum Gasteiger partial charge on any atom is -0.457 e. The summed E-state index contributed by atoms with van der Waals surface area (Å²) < 4.78 is 5.87. The maximum Gasteiger partial charge on any atom is 0.330 e. The van der Waals surface area contributed by atoms with E-state index >= 15 is 0 Å². The summed E-state index contributed by atoms with van der Waals surface area (Å²) in [5, 5.41) is 2.70. The molecule has 0 unspecified atom stereocenters. The highest BCUT2D eigenvalue weighted by Gasteiger charge is 2.17. The van der Waals surface area contributed by atoms with E-state index < -0.39 is 0 Å². The summed E-state index contributed by atoms with van der Waals surface area (Å²) in [7, 11) is 0. The van der Waals surface area contributed by atoms with Crippen molar-refractivity contribution in [1.82, 2.24) is 5.32 Å². The molecular formula is C20H22N2O2. The molecular weight excluding hydrogens is 300 g/mol. The minimum atomic E-state index is -0.286. The van der Waals surface area contributed by atoms with Gasteiger partial charge >= 0.3 is 6.03 Å². The molecule has 2 aromatic rings. The summed E-state index contributed by atoms with van der Waals surface area (Å²) in [5.74, 6) is 1.51. The summed E-state index contributed by atoms with van der Waals surface area (Å²) in [6, 6.07) is 14.9. The maximum atomic E-state index is 12.3. The van der Waals surface area contributed by atoms with Gasteiger partial charge < -0.3 is 10.1 Å². The molecule has 24 heavy (non-hydrogen) atoms. The number of nitrogens with zero attached hydrogens (tertiary/aromatic N) is 1. The molecule has 2 aromatic carbocycles. The molecule has 0 saturated heterocycles. The third kappa shape index (κ3) is 4.26. The first-order valence-corrected chi connectivity index (χ1v) is 7.64. The van der Waals surface area contributed by atoms with Gasteiger partial charge in [-0.2, -0.15) is 0 Å². The Morgan fingerprint density at radius 2 is 1.75 bits per heavy atom. The Balaban J connectivity index is 2.27. The van der Waals surface area contributed by atoms with E-state index in [1.54, 1.807) is 13.8 Å². The first-order chi connectivity index (χ1) is 11.4. The molecule has 0 aromatic heterocycles. The zero-order valence-corrected chi connectivity index (χ0v) is 14.3. The third-order valence-corrected chi connectivity index (χ3v) is 3.29. The van der Waals surface area contributed by atoms with Crippen molar-refractivity contribution in [3.63, 3.8) is 0 Å². The van der Waals surface area contributed by atoms with E-state index in [1.807, 2.05) is 55.5 Å². The van der Waals surface area contributed by atoms with Gasteiger partial charge in [-0.3, -0.25) is 4.90 Å². The highest BCUT2D eigenvalue weighted by molar-refractivity contribution is 5.95. The number of urea groups is 1. The average molecular weight is 322 g/mol. The predicted octanol–water partition coefficient (Wildman–Crippen LogP) is 5.37. The van der Waals surface area contributed by atoms with Gasteiger partial charge in [0.25, 0.3) is 0 Å². The minimum absolute atomic E-state index is 0.286. The lowest BCUT2D eigenvalue weighted by Gasteiger charge is -2.24. The van der Waals surface area contributed by atoms with Crippen LogP contribution in [0.2, 0.25) is 0 Å². The lowest BCUT2D eigenvalue weighted by molar-refractivity contribution is 0.250. The molecule has 0 fully saturated rings. The molecule has 2 amide bonds. The number of carbonyl (C=O) groups is 1. The van der Waals surface area contributed by atoms with Gasteiger partial charge in [0.1, 0.15) is 11.5 Å². The molecule has 0 atom stereocenters. The molecule has 0 aliphatic rings. The fourth-order valence-corrected chi connectivity index (χ4v) is 2.25. The zero-order valence-electron chi connectivity index (χ0n) is 14.3. The van der Waals surface area contributed by atoms with Gasteiger partial charge in [-0.25, -0.2) is 4.79 Å². The number of para-hydroxylation sites is 1. The number of amides is 2. The number of allylic oxidation sites excluding steroid dienone is 2. The maximum absolute atomic E-state index is 12.3. The summed E-state index contributed by atoms with van der Waals surface area (Å²) in [4.78, 5) is 13.9. The molecule has 1 N–H and O–H groups in total. The van der Waals surface area contributed by atoms with E-state index in [0.717, 1.165) is 22.7 Å². The summed E-state index contributed by atoms with van der Waals surface area (Å²) in [6.45, 7) is 13.0. The fraction of sp³-hybridized carbons (Fsp3) is 0.150. The van der Waals surface area contributed by atoms with Gasteiger partial charge in [0, 0.05) is 11.4 Å². The number of aryl methyl sites for hydroxylation is 1. The Bertz CT molecular complexity index is 766. The van der Waals surface area contributed by atoms with Gasteiger partial charge in [-0.1, -0.05) is 31.4 Å². The number of ether oxygens (including phenoxy) is 1. The van der Waals surface area contributed by atoms with Crippen molar-refractivity contribution >= 4 is 11.7 Å². The molecule has 4 nitrogen and oxygen atoms in total. The molecule has 0 spiro atoms. The van der Waals surface area contributed by atoms with Crippen LogP contribution in [0.1, 0.15) is 19.4 Å². The van der Waals surface area contributed by atoms with E-state index in [-0.39, 0.29) is 6.03 Å². The van der Waals surface area contributed by atoms with Crippen molar-refractivity contribution in [2.75, 3.05) is 4.90 Å². The number of anilines is 1. The standard InChI is InChI=1S/C20H22N2O2/c1-14(2)21-20(23)22(15(3)4)17-11-12-19(16(5)13-17)24-18-9-7-6-8-10-18/h6-13H,1,3H2,2,4-5H3,(H,21,23). The van der Waals surface area contributed by atoms with Crippen LogP contribution in [0.4, 0.5) is 10.5 Å². The van der Waals surface area contributed by atoms with E-state index in [1.165, 1.54) is 4.90 Å². The number of rotatable bonds is 5. The highest BCUT2D eigenvalue weighted by Crippen LogP contribution is 2.29. The van der Waals surface area contributed by atoms with Crippen molar-refractivity contribution in [2.24, 2.45) is 0 Å². The molecule has 124 valence electrons. The van der Waals surface area contributed by atoms with Gasteiger partial charge in [0.15, 0.2) is 0 Å². The molecule has 0 heterocycles. The second kappa shape index (κ2) is 7.51. The molecule has 2 rings (SSSR count). The second-order valence-corrected chi connectivity index (χ2v) is 5.65. The van der Waals surface area contributed by atoms with Crippen LogP contribution in [0.25, 0.3) is 0 Å². The molecule has 0 bridgehead atoms. The van der Waals surface area contributed by atoms with Crippen molar-refractivity contribution in [3.05, 3.63) is 78.6 Å². The summed E-state index contributed by atoms with van der Waals surface area (Å²) in [5.41, 5.74) is 2.83. The zero-order chi connectivity index (χ0) is 17.7. The van der Waals surface area contributed by atoms with E-state index in [4.69, 9.17) is 4.74 Å². The smallest absolute Gasteiger partial charge is 0.330 e. The van der Waals surface area contributed by atoms with Crippen molar-refractivity contribution in [3.8, 4) is 11.5 Å². The Labute approximate surface area is 143 Å². The molecule has 4 heteroatoms. The second-order valence-electron chi connectivity index (χ2n) is 5.65. The number of hydrogen-bond donors (Lipinski definition) is 1. The first-order valence-electron chi connectivity index (χ1n) is 7.64. The van der Waals surface area contributed by atoms with Crippen LogP contribution in [-0.2, 0) is 0 Å². The lowest BCUT2D eigenvalue weighted by atomic mass is 10.1. The van der Waals surface area contributed by atoms with Crippen LogP contribution in [0.5, 0.6) is 11.5 Å². The Kier molecular flexibility index (Phi) is 5.42. The molecule has 0 aliphatic heterocycles. The average Bonchev–Trinajstić information content (AvgIpc) is 2.50. The van der Waals surface area contributed by atoms with Crippen LogP contribution in [0.15, 0.2) is 73.1 Å². The monoisotopic (exact) mass is 322 g/mol. The van der Waals surface area contributed by atoms with E-state index in [2.05, 4.69) is 18.5 Å². The topological polar surface area (TPSA) is 41.6 Å². The van der Waals surface area contributed by atoms with Crippen LogP contribution in [0, 0.1) is 6.92 Å². The van der Waals surface area contributed by atoms with E-state index in [0.29, 0.717) is 11.4 Å².